The molecule has 0 aliphatic heterocycles. The highest BCUT2D eigenvalue weighted by atomic mass is 79.9. The first-order chi connectivity index (χ1) is 8.53. The number of methoxy groups -OCH3 is 3. The van der Waals surface area contributed by atoms with Gasteiger partial charge in [-0.3, -0.25) is 10.1 Å². The molecule has 1 atom stereocenters. The molecule has 6 nitrogen and oxygen atoms in total. The Balaban J connectivity index is 3.22. The Morgan fingerprint density at radius 2 is 1.89 bits per heavy atom. The van der Waals surface area contributed by atoms with Crippen LogP contribution in [0.15, 0.2) is 16.6 Å². The molecule has 0 aliphatic rings. The van der Waals surface area contributed by atoms with Crippen LogP contribution in [0.3, 0.4) is 0 Å². The van der Waals surface area contributed by atoms with Crippen molar-refractivity contribution in [3.8, 4) is 11.5 Å². The van der Waals surface area contributed by atoms with Crippen LogP contribution in [0.1, 0.15) is 11.7 Å². The number of halogens is 1. The van der Waals surface area contributed by atoms with Crippen molar-refractivity contribution in [1.29, 1.82) is 0 Å². The van der Waals surface area contributed by atoms with Crippen LogP contribution in [0, 0.1) is 10.1 Å². The molecule has 0 aliphatic carbocycles. The van der Waals surface area contributed by atoms with Gasteiger partial charge in [-0.25, -0.2) is 0 Å². The minimum absolute atomic E-state index is 0.336. The Bertz CT molecular complexity index is 438. The smallest absolute Gasteiger partial charge is 0.233 e. The number of nitrogens with zero attached hydrogens (tertiary/aromatic N) is 1. The minimum atomic E-state index is -0.683. The zero-order valence-electron chi connectivity index (χ0n) is 10.3. The normalized spacial score (nSPS) is 12.0. The van der Waals surface area contributed by atoms with Gasteiger partial charge in [0, 0.05) is 17.6 Å². The summed E-state index contributed by atoms with van der Waals surface area (Å²) in [6, 6.07) is 3.36. The van der Waals surface area contributed by atoms with E-state index in [0.29, 0.717) is 21.5 Å². The fourth-order valence-electron chi connectivity index (χ4n) is 1.57. The second-order valence-electron chi connectivity index (χ2n) is 3.47. The van der Waals surface area contributed by atoms with Crippen LogP contribution in [0.2, 0.25) is 0 Å². The number of nitro groups is 1. The van der Waals surface area contributed by atoms with Crippen LogP contribution in [-0.2, 0) is 4.74 Å². The molecule has 18 heavy (non-hydrogen) atoms. The van der Waals surface area contributed by atoms with Gasteiger partial charge in [0.2, 0.25) is 6.54 Å². The van der Waals surface area contributed by atoms with Crippen molar-refractivity contribution in [2.75, 3.05) is 27.9 Å². The summed E-state index contributed by atoms with van der Waals surface area (Å²) in [5, 5.41) is 10.6. The van der Waals surface area contributed by atoms with Crippen molar-refractivity contribution in [3.63, 3.8) is 0 Å². The van der Waals surface area contributed by atoms with E-state index in [1.54, 1.807) is 12.1 Å². The van der Waals surface area contributed by atoms with Crippen molar-refractivity contribution in [2.45, 2.75) is 6.10 Å². The molecular weight excluding hydrogens is 306 g/mol. The Labute approximate surface area is 113 Å². The largest absolute Gasteiger partial charge is 0.496 e. The summed E-state index contributed by atoms with van der Waals surface area (Å²) >= 11 is 3.32. The first-order valence-corrected chi connectivity index (χ1v) is 5.88. The molecule has 0 fully saturated rings. The summed E-state index contributed by atoms with van der Waals surface area (Å²) in [5.41, 5.74) is 0.580. The zero-order chi connectivity index (χ0) is 13.7. The monoisotopic (exact) mass is 319 g/mol. The van der Waals surface area contributed by atoms with Gasteiger partial charge in [-0.2, -0.15) is 0 Å². The minimum Gasteiger partial charge on any atom is -0.496 e. The third kappa shape index (κ3) is 3.33. The Morgan fingerprint density at radius 3 is 2.33 bits per heavy atom. The van der Waals surface area contributed by atoms with E-state index in [1.807, 2.05) is 0 Å². The van der Waals surface area contributed by atoms with Crippen LogP contribution in [0.4, 0.5) is 0 Å². The molecule has 0 saturated carbocycles. The predicted molar refractivity (Wildman–Crippen MR) is 68.9 cm³/mol. The lowest BCUT2D eigenvalue weighted by Gasteiger charge is -2.17. The molecule has 0 amide bonds. The Hall–Kier alpha value is -1.34. The second kappa shape index (κ2) is 6.55. The zero-order valence-corrected chi connectivity index (χ0v) is 11.9. The lowest BCUT2D eigenvalue weighted by molar-refractivity contribution is -0.492. The van der Waals surface area contributed by atoms with E-state index in [9.17, 15) is 10.1 Å². The maximum Gasteiger partial charge on any atom is 0.233 e. The van der Waals surface area contributed by atoms with Crippen molar-refractivity contribution >= 4 is 15.9 Å². The SMILES string of the molecule is COc1cc(C(C[N+](=O)[O-])OC)c(OC)cc1Br. The van der Waals surface area contributed by atoms with E-state index in [0.717, 1.165) is 0 Å². The molecule has 0 spiro atoms. The van der Waals surface area contributed by atoms with Crippen LogP contribution in [-0.4, -0.2) is 32.8 Å². The van der Waals surface area contributed by atoms with Gasteiger partial charge in [0.05, 0.1) is 18.7 Å². The van der Waals surface area contributed by atoms with E-state index < -0.39 is 11.0 Å². The highest BCUT2D eigenvalue weighted by molar-refractivity contribution is 9.10. The Kier molecular flexibility index (Phi) is 5.36. The summed E-state index contributed by atoms with van der Waals surface area (Å²) in [6.45, 7) is -0.336. The highest BCUT2D eigenvalue weighted by Crippen LogP contribution is 2.36. The van der Waals surface area contributed by atoms with E-state index in [-0.39, 0.29) is 6.54 Å². The summed E-state index contributed by atoms with van der Waals surface area (Å²) < 4.78 is 16.2. The van der Waals surface area contributed by atoms with Gasteiger partial charge in [0.15, 0.2) is 6.10 Å². The number of rotatable bonds is 6. The number of hydrogen-bond acceptors (Lipinski definition) is 5. The third-order valence-corrected chi connectivity index (χ3v) is 3.07. The van der Waals surface area contributed by atoms with Crippen molar-refractivity contribution < 1.29 is 19.1 Å². The predicted octanol–water partition coefficient (Wildman–Crippen LogP) is 2.43. The summed E-state index contributed by atoms with van der Waals surface area (Å²) in [7, 11) is 4.43. The molecule has 7 heteroatoms. The molecule has 0 radical (unpaired) electrons. The van der Waals surface area contributed by atoms with E-state index in [4.69, 9.17) is 14.2 Å². The average molecular weight is 320 g/mol. The van der Waals surface area contributed by atoms with E-state index in [2.05, 4.69) is 15.9 Å². The molecule has 1 rings (SSSR count). The Morgan fingerprint density at radius 1 is 1.28 bits per heavy atom. The molecule has 1 aromatic carbocycles. The van der Waals surface area contributed by atoms with Gasteiger partial charge >= 0.3 is 0 Å². The lowest BCUT2D eigenvalue weighted by Crippen LogP contribution is -2.15. The fraction of sp³-hybridized carbons (Fsp3) is 0.455. The summed E-state index contributed by atoms with van der Waals surface area (Å²) in [5.74, 6) is 1.08. The molecule has 0 aromatic heterocycles. The fourth-order valence-corrected chi connectivity index (χ4v) is 2.06. The van der Waals surface area contributed by atoms with E-state index >= 15 is 0 Å². The van der Waals surface area contributed by atoms with Crippen LogP contribution in [0.25, 0.3) is 0 Å². The maximum absolute atomic E-state index is 10.6. The second-order valence-corrected chi connectivity index (χ2v) is 4.32. The molecule has 0 bridgehead atoms. The first kappa shape index (κ1) is 14.7. The van der Waals surface area contributed by atoms with Crippen molar-refractivity contribution in [2.24, 2.45) is 0 Å². The molecule has 100 valence electrons. The highest BCUT2D eigenvalue weighted by Gasteiger charge is 2.23. The van der Waals surface area contributed by atoms with Gasteiger partial charge in [-0.05, 0) is 28.1 Å². The first-order valence-electron chi connectivity index (χ1n) is 5.09. The quantitative estimate of drug-likeness (QED) is 0.595. The van der Waals surface area contributed by atoms with Gasteiger partial charge in [-0.1, -0.05) is 0 Å². The molecule has 0 saturated heterocycles. The van der Waals surface area contributed by atoms with Crippen molar-refractivity contribution in [3.05, 3.63) is 32.3 Å². The van der Waals surface area contributed by atoms with Gasteiger partial charge in [-0.15, -0.1) is 0 Å². The standard InChI is InChI=1S/C11H14BrNO5/c1-16-9-5-8(12)10(17-2)4-7(9)11(18-3)6-13(14)15/h4-5,11H,6H2,1-3H3. The van der Waals surface area contributed by atoms with Gasteiger partial charge in [0.1, 0.15) is 11.5 Å². The number of hydrogen-bond donors (Lipinski definition) is 0. The molecular formula is C11H14BrNO5. The van der Waals surface area contributed by atoms with Gasteiger partial charge in [0.25, 0.3) is 0 Å². The lowest BCUT2D eigenvalue weighted by atomic mass is 10.1. The number of benzene rings is 1. The molecule has 1 aromatic rings. The molecule has 1 unspecified atom stereocenters. The average Bonchev–Trinajstić information content (AvgIpc) is 2.35. The summed E-state index contributed by atoms with van der Waals surface area (Å²) in [4.78, 5) is 10.2. The van der Waals surface area contributed by atoms with E-state index in [1.165, 1.54) is 21.3 Å². The van der Waals surface area contributed by atoms with Crippen molar-refractivity contribution in [1.82, 2.24) is 0 Å². The number of ether oxygens (including phenoxy) is 3. The maximum atomic E-state index is 10.6. The topological polar surface area (TPSA) is 70.8 Å². The molecule has 0 heterocycles. The van der Waals surface area contributed by atoms with Crippen LogP contribution in [0.5, 0.6) is 11.5 Å². The van der Waals surface area contributed by atoms with Gasteiger partial charge < -0.3 is 14.2 Å². The third-order valence-electron chi connectivity index (χ3n) is 2.45. The molecule has 0 N–H and O–H groups in total. The summed E-state index contributed by atoms with van der Waals surface area (Å²) in [6.07, 6.45) is -0.683. The van der Waals surface area contributed by atoms with Crippen LogP contribution >= 0.6 is 15.9 Å². The van der Waals surface area contributed by atoms with Crippen LogP contribution < -0.4 is 9.47 Å².